The van der Waals surface area contributed by atoms with Crippen molar-refractivity contribution in [3.8, 4) is 0 Å². The van der Waals surface area contributed by atoms with E-state index in [1.54, 1.807) is 7.05 Å². The van der Waals surface area contributed by atoms with Crippen molar-refractivity contribution in [2.45, 2.75) is 135 Å². The Bertz CT molecular complexity index is 1000. The molecule has 46 heavy (non-hydrogen) atoms. The first-order chi connectivity index (χ1) is 21.8. The van der Waals surface area contributed by atoms with E-state index in [0.717, 1.165) is 57.8 Å². The second-order valence-corrected chi connectivity index (χ2v) is 13.6. The third-order valence-electron chi connectivity index (χ3n) is 9.36. The maximum absolute atomic E-state index is 14.2. The molecule has 0 spiro atoms. The van der Waals surface area contributed by atoms with E-state index < -0.39 is 59.9 Å². The Morgan fingerprint density at radius 3 is 2.11 bits per heavy atom. The van der Waals surface area contributed by atoms with Crippen LogP contribution >= 0.6 is 0 Å². The molecule has 1 aliphatic carbocycles. The highest BCUT2D eigenvalue weighted by Crippen LogP contribution is 2.27. The molecule has 1 heterocycles. The van der Waals surface area contributed by atoms with Gasteiger partial charge < -0.3 is 37.0 Å². The van der Waals surface area contributed by atoms with Crippen LogP contribution in [0.3, 0.4) is 0 Å². The summed E-state index contributed by atoms with van der Waals surface area (Å²) in [5, 5.41) is 21.3. The molecule has 13 heteroatoms. The molecule has 7 N–H and O–H groups in total. The quantitative estimate of drug-likeness (QED) is 0.186. The molecule has 2 fully saturated rings. The Balaban J connectivity index is 2.53. The van der Waals surface area contributed by atoms with Crippen molar-refractivity contribution < 1.29 is 29.1 Å². The maximum Gasteiger partial charge on any atom is 0.245 e. The third-order valence-corrected chi connectivity index (χ3v) is 9.36. The van der Waals surface area contributed by atoms with Crippen LogP contribution in [0.1, 0.15) is 98.3 Å². The predicted molar refractivity (Wildman–Crippen MR) is 177 cm³/mol. The first-order valence-corrected chi connectivity index (χ1v) is 17.4. The molecule has 2 aliphatic rings. The fourth-order valence-corrected chi connectivity index (χ4v) is 6.46. The Kier molecular flexibility index (Phi) is 17.0. The highest BCUT2D eigenvalue weighted by atomic mass is 16.3. The van der Waals surface area contributed by atoms with Gasteiger partial charge in [-0.1, -0.05) is 65.7 Å². The lowest BCUT2D eigenvalue weighted by Crippen LogP contribution is -2.63. The number of nitrogens with two attached hydrogens (primary N) is 1. The summed E-state index contributed by atoms with van der Waals surface area (Å²) in [6.07, 6.45) is 8.01. The fraction of sp³-hybridized carbons (Fsp3) is 0.848. The average Bonchev–Trinajstić information content (AvgIpc) is 3.02. The summed E-state index contributed by atoms with van der Waals surface area (Å²) in [5.41, 5.74) is 5.90. The fourth-order valence-electron chi connectivity index (χ4n) is 6.46. The molecule has 2 rings (SSSR count). The van der Waals surface area contributed by atoms with Crippen LogP contribution in [0.25, 0.3) is 0 Å². The van der Waals surface area contributed by atoms with Crippen molar-refractivity contribution in [1.82, 2.24) is 31.1 Å². The van der Waals surface area contributed by atoms with Crippen LogP contribution in [0.2, 0.25) is 0 Å². The maximum atomic E-state index is 14.2. The van der Waals surface area contributed by atoms with E-state index in [4.69, 9.17) is 5.73 Å². The number of likely N-dealkylation sites (N-methyl/N-ethyl adjacent to an activating group) is 2. The van der Waals surface area contributed by atoms with Gasteiger partial charge in [-0.15, -0.1) is 0 Å². The number of hydrogen-bond acceptors (Lipinski definition) is 8. The number of nitrogens with one attached hydrogen (secondary N) is 4. The summed E-state index contributed by atoms with van der Waals surface area (Å²) in [6, 6.07) is -4.76. The minimum Gasteiger partial charge on any atom is -0.391 e. The lowest BCUT2D eigenvalue weighted by atomic mass is 9.83. The average molecular weight is 652 g/mol. The van der Waals surface area contributed by atoms with Crippen molar-refractivity contribution in [3.63, 3.8) is 0 Å². The van der Waals surface area contributed by atoms with Crippen LogP contribution < -0.4 is 27.0 Å². The number of carbonyl (C=O) groups excluding carboxylic acids is 5. The van der Waals surface area contributed by atoms with Gasteiger partial charge in [0.05, 0.1) is 12.1 Å². The molecule has 1 aliphatic heterocycles. The molecule has 0 aromatic rings. The second-order valence-electron chi connectivity index (χ2n) is 13.6. The van der Waals surface area contributed by atoms with Gasteiger partial charge in [-0.25, -0.2) is 0 Å². The number of unbranched alkanes of at least 4 members (excludes halogenated alkanes) is 3. The molecule has 13 nitrogen and oxygen atoms in total. The minimum absolute atomic E-state index is 0.0916. The predicted octanol–water partition coefficient (Wildman–Crippen LogP) is 0.634. The van der Waals surface area contributed by atoms with Crippen molar-refractivity contribution in [2.24, 2.45) is 17.6 Å². The van der Waals surface area contributed by atoms with Gasteiger partial charge >= 0.3 is 0 Å². The molecule has 0 aromatic carbocycles. The molecule has 5 amide bonds. The molecule has 1 saturated carbocycles. The van der Waals surface area contributed by atoms with Crippen molar-refractivity contribution in [2.75, 3.05) is 33.7 Å². The lowest BCUT2D eigenvalue weighted by molar-refractivity contribution is -0.144. The van der Waals surface area contributed by atoms with Crippen LogP contribution in [0, 0.1) is 11.8 Å². The highest BCUT2D eigenvalue weighted by Gasteiger charge is 2.39. The largest absolute Gasteiger partial charge is 0.391 e. The Labute approximate surface area is 275 Å². The summed E-state index contributed by atoms with van der Waals surface area (Å²) in [6.45, 7) is 7.73. The Morgan fingerprint density at radius 1 is 0.848 bits per heavy atom. The molecule has 6 atom stereocenters. The number of rotatable bonds is 10. The van der Waals surface area contributed by atoms with Gasteiger partial charge in [0, 0.05) is 26.7 Å². The van der Waals surface area contributed by atoms with Gasteiger partial charge in [0.25, 0.3) is 0 Å². The van der Waals surface area contributed by atoms with E-state index in [0.29, 0.717) is 19.4 Å². The van der Waals surface area contributed by atoms with Gasteiger partial charge in [-0.05, 0) is 51.5 Å². The molecular formula is C33H61N7O6. The summed E-state index contributed by atoms with van der Waals surface area (Å²) in [5.74, 6) is -2.50. The zero-order valence-electron chi connectivity index (χ0n) is 29.0. The van der Waals surface area contributed by atoms with Crippen LogP contribution in [-0.4, -0.2) is 114 Å². The third kappa shape index (κ3) is 11.8. The zero-order chi connectivity index (χ0) is 34.4. The first-order valence-electron chi connectivity index (χ1n) is 17.4. The number of amides is 5. The van der Waals surface area contributed by atoms with Crippen LogP contribution in [-0.2, 0) is 24.0 Å². The number of nitrogens with zero attached hydrogens (tertiary/aromatic N) is 2. The van der Waals surface area contributed by atoms with Crippen LogP contribution in [0.4, 0.5) is 0 Å². The topological polar surface area (TPSA) is 186 Å². The molecule has 0 aromatic heterocycles. The van der Waals surface area contributed by atoms with Crippen molar-refractivity contribution in [3.05, 3.63) is 0 Å². The molecule has 0 radical (unpaired) electrons. The summed E-state index contributed by atoms with van der Waals surface area (Å²) in [7, 11) is 3.47. The van der Waals surface area contributed by atoms with Crippen LogP contribution in [0.5, 0.6) is 0 Å². The normalized spacial score (nSPS) is 28.2. The first kappa shape index (κ1) is 39.4. The van der Waals surface area contributed by atoms with E-state index >= 15 is 0 Å². The van der Waals surface area contributed by atoms with Gasteiger partial charge in [-0.3, -0.25) is 28.9 Å². The van der Waals surface area contributed by atoms with E-state index in [9.17, 15) is 29.1 Å². The van der Waals surface area contributed by atoms with E-state index in [1.807, 2.05) is 25.8 Å². The Morgan fingerprint density at radius 2 is 1.52 bits per heavy atom. The van der Waals surface area contributed by atoms with E-state index in [1.165, 1.54) is 11.8 Å². The molecule has 0 unspecified atom stereocenters. The van der Waals surface area contributed by atoms with Gasteiger partial charge in [-0.2, -0.15) is 0 Å². The smallest absolute Gasteiger partial charge is 0.245 e. The Hall–Kier alpha value is -2.77. The minimum atomic E-state index is -1.29. The standard InChI is InChI=1S/C33H61N7O6/c1-7-8-9-13-16-25-33(46)40(6)26(19-21(2)3)30(43)38-28(23-14-11-10-12-15-23)32(45)36-24(20-34)29(42)37-27(22(4)41)31(44)35-17-18-39(25)5/h21-28,41H,7-20,34H2,1-6H3,(H,35,44)(H,36,45)(H,37,42)(H,38,43)/t22-,24-,25-,26-,27-,28-/m0/s1. The van der Waals surface area contributed by atoms with Gasteiger partial charge in [0.1, 0.15) is 24.2 Å². The molecule has 264 valence electrons. The van der Waals surface area contributed by atoms with E-state index in [-0.39, 0.29) is 30.8 Å². The van der Waals surface area contributed by atoms with Gasteiger partial charge in [0.15, 0.2) is 0 Å². The van der Waals surface area contributed by atoms with Gasteiger partial charge in [0.2, 0.25) is 29.5 Å². The number of aliphatic hydroxyl groups excluding tert-OH is 1. The molecular weight excluding hydrogens is 590 g/mol. The summed E-state index contributed by atoms with van der Waals surface area (Å²) in [4.78, 5) is 71.8. The lowest BCUT2D eigenvalue weighted by Gasteiger charge is -2.37. The SMILES string of the molecule is CCCCCC[C@H]1C(=O)N(C)[C@@H](CC(C)C)C(=O)N[C@@H](C2CCCCC2)C(=O)N[C@@H](CN)C(=O)N[C@@H]([C@H](C)O)C(=O)NCCN1C. The van der Waals surface area contributed by atoms with E-state index in [2.05, 4.69) is 28.2 Å². The summed E-state index contributed by atoms with van der Waals surface area (Å²) < 4.78 is 0. The zero-order valence-corrected chi connectivity index (χ0v) is 29.0. The number of aliphatic hydroxyl groups is 1. The number of hydrogen-bond donors (Lipinski definition) is 6. The molecule has 1 saturated heterocycles. The highest BCUT2D eigenvalue weighted by molar-refractivity contribution is 5.96. The second kappa shape index (κ2) is 19.8. The monoisotopic (exact) mass is 651 g/mol. The van der Waals surface area contributed by atoms with Crippen LogP contribution in [0.15, 0.2) is 0 Å². The van der Waals surface area contributed by atoms with Crippen molar-refractivity contribution in [1.29, 1.82) is 0 Å². The van der Waals surface area contributed by atoms with Crippen molar-refractivity contribution >= 4 is 29.5 Å². The number of carbonyl (C=O) groups is 5. The summed E-state index contributed by atoms with van der Waals surface area (Å²) >= 11 is 0. The molecule has 0 bridgehead atoms.